The van der Waals surface area contributed by atoms with Crippen LogP contribution in [0.2, 0.25) is 0 Å². The summed E-state index contributed by atoms with van der Waals surface area (Å²) in [5, 5.41) is 2.50. The summed E-state index contributed by atoms with van der Waals surface area (Å²) in [4.78, 5) is 7.18. The highest BCUT2D eigenvalue weighted by atomic mass is 15.2. The van der Waals surface area contributed by atoms with Gasteiger partial charge in [-0.05, 0) is 289 Å². The van der Waals surface area contributed by atoms with Crippen LogP contribution in [0.5, 0.6) is 0 Å². The summed E-state index contributed by atoms with van der Waals surface area (Å²) in [6.07, 6.45) is 0. The second-order valence-corrected chi connectivity index (χ2v) is 34.7. The normalized spacial score (nSPS) is 10.9. The van der Waals surface area contributed by atoms with E-state index < -0.39 is 0 Å². The summed E-state index contributed by atoms with van der Waals surface area (Å²) in [7, 11) is 0. The lowest BCUT2D eigenvalue weighted by molar-refractivity contribution is 1.28. The van der Waals surface area contributed by atoms with Gasteiger partial charge in [0.05, 0.1) is 0 Å². The van der Waals surface area contributed by atoms with Crippen molar-refractivity contribution in [3.05, 3.63) is 601 Å². The molecule has 0 aromatic heterocycles. The Morgan fingerprint density at radius 1 is 0.0863 bits per heavy atom. The van der Waals surface area contributed by atoms with Gasteiger partial charge >= 0.3 is 0 Å². The van der Waals surface area contributed by atoms with E-state index in [-0.39, 0.29) is 0 Å². The Kier molecular flexibility index (Phi) is 26.3. The number of rotatable bonds is 22. The Morgan fingerprint density at radius 3 is 0.496 bits per heavy atom. The third-order valence-corrected chi connectivity index (χ3v) is 25.7. The molecule has 0 aliphatic rings. The number of fused-ring (bicyclic) bond motifs is 1. The molecule has 0 fully saturated rings. The molecule has 3 nitrogen and oxygen atoms in total. The molecule has 0 bridgehead atoms. The molecule has 0 spiro atoms. The van der Waals surface area contributed by atoms with Crippen LogP contribution < -0.4 is 14.7 Å². The van der Waals surface area contributed by atoms with Gasteiger partial charge in [0.2, 0.25) is 0 Å². The fourth-order valence-corrected chi connectivity index (χ4v) is 18.7. The second-order valence-electron chi connectivity index (χ2n) is 34.7. The van der Waals surface area contributed by atoms with Crippen molar-refractivity contribution in [2.75, 3.05) is 14.7 Å². The van der Waals surface area contributed by atoms with E-state index in [0.29, 0.717) is 0 Å². The van der Waals surface area contributed by atoms with Crippen LogP contribution in [-0.4, -0.2) is 0 Å². The molecule has 0 radical (unpaired) electrons. The first-order chi connectivity index (χ1) is 68.9. The molecule has 23 rings (SSSR count). The zero-order valence-electron chi connectivity index (χ0n) is 77.0. The zero-order chi connectivity index (χ0) is 93.1. The van der Waals surface area contributed by atoms with Crippen molar-refractivity contribution in [2.45, 2.75) is 0 Å². The van der Waals surface area contributed by atoms with Gasteiger partial charge in [0.15, 0.2) is 0 Å². The summed E-state index contributed by atoms with van der Waals surface area (Å²) in [5.41, 5.74) is 40.8. The van der Waals surface area contributed by atoms with Gasteiger partial charge in [-0.25, -0.2) is 0 Å². The zero-order valence-corrected chi connectivity index (χ0v) is 77.0. The van der Waals surface area contributed by atoms with Crippen molar-refractivity contribution in [3.63, 3.8) is 0 Å². The summed E-state index contributed by atoms with van der Waals surface area (Å²) >= 11 is 0. The fraction of sp³-hybridized carbons (Fsp3) is 0. The topological polar surface area (TPSA) is 9.72 Å². The summed E-state index contributed by atoms with van der Waals surface area (Å²) in [6, 6.07) is 215. The Balaban J connectivity index is 0.000000126. The van der Waals surface area contributed by atoms with Crippen molar-refractivity contribution in [2.24, 2.45) is 0 Å². The number of benzene rings is 23. The van der Waals surface area contributed by atoms with Gasteiger partial charge in [-0.15, -0.1) is 0 Å². The highest BCUT2D eigenvalue weighted by molar-refractivity contribution is 5.98. The van der Waals surface area contributed by atoms with Crippen LogP contribution in [0, 0.1) is 0 Å². The molecule has 0 atom stereocenters. The Morgan fingerprint density at radius 2 is 0.252 bits per heavy atom. The van der Waals surface area contributed by atoms with Crippen molar-refractivity contribution >= 4 is 62.0 Å². The first-order valence-corrected chi connectivity index (χ1v) is 47.5. The van der Waals surface area contributed by atoms with Gasteiger partial charge in [-0.2, -0.15) is 0 Å². The van der Waals surface area contributed by atoms with Crippen LogP contribution in [0.15, 0.2) is 601 Å². The standard InChI is InChI=1S/C52H37N.C48H35N.C36H27N/c1-5-16-38(17-6-1)44-32-45(39-18-7-2-8-19-39)35-49(34-44)53(48-30-28-43(29-31-48)52-27-15-25-42-24-13-14-26-51(42)52)50-36-46(40-20-9-3-10-21-40)33-47(37-50)41-22-11-4-12-23-41;1-6-16-36(17-7-1)41-26-28-46(29-27-41)49(47-32-42(37-18-8-2-9-19-37)30-43(33-47)38-20-10-3-11-21-38)48-34-44(39-22-12-4-13-23-39)31-45(35-48)40-24-14-5-15-25-40;1-4-13-28(14-5-1)31-19-10-22-34(25-31)37(35-23-11-20-32(26-35)29-15-6-2-7-16-29)36-24-12-21-33(27-36)30-17-8-3-9-18-30/h1-37H;1-35H;1-27H. The molecule has 0 aliphatic heterocycles. The van der Waals surface area contributed by atoms with Crippen LogP contribution in [0.4, 0.5) is 51.2 Å². The Labute approximate surface area is 816 Å². The van der Waals surface area contributed by atoms with E-state index in [1.165, 1.54) is 155 Å². The molecule has 0 unspecified atom stereocenters. The molecule has 23 aromatic rings. The summed E-state index contributed by atoms with van der Waals surface area (Å²) < 4.78 is 0. The lowest BCUT2D eigenvalue weighted by Crippen LogP contribution is -2.11. The van der Waals surface area contributed by atoms with Crippen molar-refractivity contribution in [1.82, 2.24) is 0 Å². The quantitative estimate of drug-likeness (QED) is 0.0670. The van der Waals surface area contributed by atoms with E-state index in [0.717, 1.165) is 51.2 Å². The molecule has 23 aromatic carbocycles. The molecule has 0 N–H and O–H groups in total. The van der Waals surface area contributed by atoms with E-state index in [4.69, 9.17) is 0 Å². The van der Waals surface area contributed by atoms with Crippen LogP contribution >= 0.6 is 0 Å². The molecule has 0 aliphatic carbocycles. The van der Waals surface area contributed by atoms with Crippen LogP contribution in [0.1, 0.15) is 0 Å². The molecular formula is C136H99N3. The highest BCUT2D eigenvalue weighted by Crippen LogP contribution is 2.48. The highest BCUT2D eigenvalue weighted by Gasteiger charge is 2.24. The van der Waals surface area contributed by atoms with Gasteiger partial charge in [-0.3, -0.25) is 0 Å². The van der Waals surface area contributed by atoms with E-state index in [9.17, 15) is 0 Å². The third kappa shape index (κ3) is 20.5. The molecule has 0 amide bonds. The summed E-state index contributed by atoms with van der Waals surface area (Å²) in [6.45, 7) is 0. The molecule has 0 saturated heterocycles. The maximum absolute atomic E-state index is 2.42. The van der Waals surface area contributed by atoms with E-state index in [1.807, 2.05) is 0 Å². The van der Waals surface area contributed by atoms with Gasteiger partial charge in [0, 0.05) is 51.2 Å². The molecule has 0 saturated carbocycles. The van der Waals surface area contributed by atoms with Crippen LogP contribution in [0.3, 0.4) is 0 Å². The van der Waals surface area contributed by atoms with Gasteiger partial charge in [0.25, 0.3) is 0 Å². The SMILES string of the molecule is c1ccc(-c2cc(-c3ccccc3)cc(N(c3ccc(-c4cccc5ccccc45)cc3)c3cc(-c4ccccc4)cc(-c4ccccc4)c3)c2)cc1.c1ccc(-c2ccc(N(c3cc(-c4ccccc4)cc(-c4ccccc4)c3)c3cc(-c4ccccc4)cc(-c4ccccc4)c3)cc2)cc1.c1ccc(-c2cccc(N(c3cccc(-c4ccccc4)c3)c3cccc(-c4ccccc4)c3)c2)cc1. The molecule has 139 heavy (non-hydrogen) atoms. The minimum Gasteiger partial charge on any atom is -0.310 e. The molecule has 3 heteroatoms. The number of nitrogens with zero attached hydrogens (tertiary/aromatic N) is 3. The van der Waals surface area contributed by atoms with Crippen LogP contribution in [-0.2, 0) is 0 Å². The predicted octanol–water partition coefficient (Wildman–Crippen LogP) is 38.3. The number of anilines is 9. The molecular weight excluding hydrogens is 1680 g/mol. The van der Waals surface area contributed by atoms with Gasteiger partial charge < -0.3 is 14.7 Å². The predicted molar refractivity (Wildman–Crippen MR) is 592 cm³/mol. The van der Waals surface area contributed by atoms with Gasteiger partial charge in [0.1, 0.15) is 0 Å². The first-order valence-electron chi connectivity index (χ1n) is 47.5. The van der Waals surface area contributed by atoms with E-state index in [1.54, 1.807) is 0 Å². The van der Waals surface area contributed by atoms with Crippen molar-refractivity contribution in [1.29, 1.82) is 0 Å². The number of hydrogen-bond donors (Lipinski definition) is 0. The maximum Gasteiger partial charge on any atom is 0.0473 e. The molecule has 0 heterocycles. The minimum absolute atomic E-state index is 1.09. The second kappa shape index (κ2) is 41.9. The monoisotopic (exact) mass is 1770 g/mol. The molecule has 658 valence electrons. The smallest absolute Gasteiger partial charge is 0.0473 e. The maximum atomic E-state index is 2.42. The van der Waals surface area contributed by atoms with E-state index in [2.05, 4.69) is 615 Å². The van der Waals surface area contributed by atoms with Gasteiger partial charge in [-0.1, -0.05) is 467 Å². The lowest BCUT2D eigenvalue weighted by atomic mass is 9.95. The first kappa shape index (κ1) is 87.4. The van der Waals surface area contributed by atoms with E-state index >= 15 is 0 Å². The summed E-state index contributed by atoms with van der Waals surface area (Å²) in [5.74, 6) is 0. The fourth-order valence-electron chi connectivity index (χ4n) is 18.7. The Hall–Kier alpha value is -18.3. The lowest BCUT2D eigenvalue weighted by Gasteiger charge is -2.28. The van der Waals surface area contributed by atoms with Crippen molar-refractivity contribution < 1.29 is 0 Å². The minimum atomic E-state index is 1.09. The average molecular weight is 1780 g/mol. The van der Waals surface area contributed by atoms with Crippen molar-refractivity contribution in [3.8, 4) is 145 Å². The largest absolute Gasteiger partial charge is 0.310 e. The van der Waals surface area contributed by atoms with Crippen LogP contribution in [0.25, 0.3) is 155 Å². The third-order valence-electron chi connectivity index (χ3n) is 25.7. The number of hydrogen-bond acceptors (Lipinski definition) is 3. The average Bonchev–Trinajstić information content (AvgIpc) is 0.768. The Bertz CT molecular complexity index is 7330.